The van der Waals surface area contributed by atoms with Gasteiger partial charge in [-0.3, -0.25) is 4.79 Å². The molecule has 0 radical (unpaired) electrons. The Labute approximate surface area is 226 Å². The first-order chi connectivity index (χ1) is 18.2. The molecule has 38 heavy (non-hydrogen) atoms. The molecule has 1 amide bonds. The number of rotatable bonds is 11. The number of hydrogen-bond acceptors (Lipinski definition) is 5. The SMILES string of the molecule is CN(C)C(c1cccc(F)c1)C1CCC(CCNC(=O)COC2CCN(S(=O)(=O)c3ccccc3)C2)CC1. The average Bonchev–Trinajstić information content (AvgIpc) is 3.39. The number of benzene rings is 2. The fraction of sp³-hybridized carbons (Fsp3) is 0.552. The van der Waals surface area contributed by atoms with Gasteiger partial charge >= 0.3 is 0 Å². The van der Waals surface area contributed by atoms with E-state index in [2.05, 4.69) is 24.3 Å². The largest absolute Gasteiger partial charge is 0.367 e. The summed E-state index contributed by atoms with van der Waals surface area (Å²) in [6.07, 6.45) is 5.60. The van der Waals surface area contributed by atoms with E-state index >= 15 is 0 Å². The van der Waals surface area contributed by atoms with Crippen LogP contribution in [0.3, 0.4) is 0 Å². The number of ether oxygens (including phenoxy) is 1. The number of hydrogen-bond donors (Lipinski definition) is 1. The summed E-state index contributed by atoms with van der Waals surface area (Å²) in [4.78, 5) is 14.8. The molecule has 4 rings (SSSR count). The molecular formula is C29H40FN3O4S. The second-order valence-electron chi connectivity index (χ2n) is 10.8. The molecular weight excluding hydrogens is 505 g/mol. The monoisotopic (exact) mass is 545 g/mol. The number of amides is 1. The summed E-state index contributed by atoms with van der Waals surface area (Å²) in [7, 11) is 0.585. The smallest absolute Gasteiger partial charge is 0.246 e. The van der Waals surface area contributed by atoms with Crippen LogP contribution in [-0.2, 0) is 19.6 Å². The van der Waals surface area contributed by atoms with Crippen LogP contribution in [0.4, 0.5) is 4.39 Å². The van der Waals surface area contributed by atoms with Gasteiger partial charge < -0.3 is 15.0 Å². The standard InChI is InChI=1S/C29H40FN3O4S/c1-32(2)29(24-7-6-8-25(30)19-24)23-13-11-22(12-14-23)15-17-31-28(34)21-37-26-16-18-33(20-26)38(35,36)27-9-4-3-5-10-27/h3-10,19,22-23,26,29H,11-18,20-21H2,1-2H3,(H,31,34). The van der Waals surface area contributed by atoms with Crippen molar-refractivity contribution in [3.05, 3.63) is 66.0 Å². The van der Waals surface area contributed by atoms with Crippen LogP contribution < -0.4 is 5.32 Å². The van der Waals surface area contributed by atoms with Gasteiger partial charge in [0.25, 0.3) is 0 Å². The van der Waals surface area contributed by atoms with E-state index < -0.39 is 10.0 Å². The van der Waals surface area contributed by atoms with E-state index in [4.69, 9.17) is 4.74 Å². The molecule has 0 bridgehead atoms. The summed E-state index contributed by atoms with van der Waals surface area (Å²) < 4.78 is 46.5. The molecule has 1 N–H and O–H groups in total. The van der Waals surface area contributed by atoms with Gasteiger partial charge in [-0.25, -0.2) is 12.8 Å². The quantitative estimate of drug-likeness (QED) is 0.458. The Balaban J connectivity index is 1.14. The fourth-order valence-electron chi connectivity index (χ4n) is 5.93. The van der Waals surface area contributed by atoms with E-state index in [0.29, 0.717) is 31.3 Å². The van der Waals surface area contributed by atoms with E-state index in [1.54, 1.807) is 42.5 Å². The molecule has 2 unspecified atom stereocenters. The number of halogens is 1. The maximum absolute atomic E-state index is 13.8. The van der Waals surface area contributed by atoms with Crippen molar-refractivity contribution >= 4 is 15.9 Å². The van der Waals surface area contributed by atoms with Crippen molar-refractivity contribution < 1.29 is 22.3 Å². The molecule has 1 heterocycles. The molecule has 1 aliphatic carbocycles. The summed E-state index contributed by atoms with van der Waals surface area (Å²) in [5.74, 6) is 0.698. The number of carbonyl (C=O) groups excluding carboxylic acids is 1. The van der Waals surface area contributed by atoms with Crippen molar-refractivity contribution in [1.82, 2.24) is 14.5 Å². The summed E-state index contributed by atoms with van der Waals surface area (Å²) in [6.45, 7) is 1.20. The van der Waals surface area contributed by atoms with E-state index in [1.807, 2.05) is 6.07 Å². The summed E-state index contributed by atoms with van der Waals surface area (Å²) in [5, 5.41) is 2.96. The Kier molecular flexibility index (Phi) is 9.92. The number of sulfonamides is 1. The normalized spacial score (nSPS) is 23.4. The first-order valence-corrected chi connectivity index (χ1v) is 15.0. The third-order valence-corrected chi connectivity index (χ3v) is 9.78. The fourth-order valence-corrected chi connectivity index (χ4v) is 7.44. The molecule has 7 nitrogen and oxygen atoms in total. The minimum atomic E-state index is -3.54. The molecule has 0 spiro atoms. The molecule has 2 aromatic rings. The van der Waals surface area contributed by atoms with Crippen molar-refractivity contribution in [2.45, 2.75) is 55.6 Å². The van der Waals surface area contributed by atoms with Crippen LogP contribution in [-0.4, -0.2) is 70.0 Å². The van der Waals surface area contributed by atoms with Crippen LogP contribution in [0.5, 0.6) is 0 Å². The van der Waals surface area contributed by atoms with Crippen LogP contribution in [0.2, 0.25) is 0 Å². The Morgan fingerprint density at radius 3 is 2.50 bits per heavy atom. The third kappa shape index (κ3) is 7.40. The molecule has 0 aromatic heterocycles. The van der Waals surface area contributed by atoms with Gasteiger partial charge in [-0.05, 0) is 81.4 Å². The molecule has 1 saturated heterocycles. The Bertz CT molecular complexity index is 1150. The maximum Gasteiger partial charge on any atom is 0.246 e. The van der Waals surface area contributed by atoms with Crippen LogP contribution in [0.15, 0.2) is 59.5 Å². The highest BCUT2D eigenvalue weighted by Gasteiger charge is 2.33. The third-order valence-electron chi connectivity index (χ3n) is 7.90. The van der Waals surface area contributed by atoms with E-state index in [9.17, 15) is 17.6 Å². The summed E-state index contributed by atoms with van der Waals surface area (Å²) in [6, 6.07) is 15.5. The van der Waals surface area contributed by atoms with Crippen molar-refractivity contribution in [1.29, 1.82) is 0 Å². The van der Waals surface area contributed by atoms with Crippen LogP contribution >= 0.6 is 0 Å². The highest BCUT2D eigenvalue weighted by atomic mass is 32.2. The Morgan fingerprint density at radius 1 is 1.08 bits per heavy atom. The lowest BCUT2D eigenvalue weighted by molar-refractivity contribution is -0.127. The zero-order chi connectivity index (χ0) is 27.1. The number of carbonyl (C=O) groups is 1. The summed E-state index contributed by atoms with van der Waals surface area (Å²) in [5.41, 5.74) is 1.04. The first kappa shape index (κ1) is 28.7. The first-order valence-electron chi connectivity index (χ1n) is 13.6. The lowest BCUT2D eigenvalue weighted by Gasteiger charge is -2.37. The number of nitrogens with zero attached hydrogens (tertiary/aromatic N) is 2. The molecule has 2 aliphatic rings. The van der Waals surface area contributed by atoms with Gasteiger partial charge in [0.15, 0.2) is 0 Å². The van der Waals surface area contributed by atoms with Crippen molar-refractivity contribution in [3.8, 4) is 0 Å². The van der Waals surface area contributed by atoms with Gasteiger partial charge in [0.2, 0.25) is 15.9 Å². The molecule has 2 atom stereocenters. The van der Waals surface area contributed by atoms with Crippen molar-refractivity contribution in [2.24, 2.45) is 11.8 Å². The predicted molar refractivity (Wildman–Crippen MR) is 145 cm³/mol. The highest BCUT2D eigenvalue weighted by Crippen LogP contribution is 2.40. The molecule has 2 aromatic carbocycles. The minimum Gasteiger partial charge on any atom is -0.367 e. The number of nitrogens with one attached hydrogen (secondary N) is 1. The van der Waals surface area contributed by atoms with E-state index in [1.165, 1.54) is 10.4 Å². The topological polar surface area (TPSA) is 79.0 Å². The molecule has 1 saturated carbocycles. The zero-order valence-electron chi connectivity index (χ0n) is 22.4. The zero-order valence-corrected chi connectivity index (χ0v) is 23.2. The van der Waals surface area contributed by atoms with Crippen molar-refractivity contribution in [3.63, 3.8) is 0 Å². The van der Waals surface area contributed by atoms with Gasteiger partial charge in [0.1, 0.15) is 12.4 Å². The Morgan fingerprint density at radius 2 is 1.82 bits per heavy atom. The minimum absolute atomic E-state index is 0.0607. The molecule has 9 heteroatoms. The maximum atomic E-state index is 13.8. The van der Waals surface area contributed by atoms with Gasteiger partial charge in [-0.1, -0.05) is 43.2 Å². The van der Waals surface area contributed by atoms with Gasteiger partial charge in [0.05, 0.1) is 11.0 Å². The molecule has 208 valence electrons. The van der Waals surface area contributed by atoms with Gasteiger partial charge in [0, 0.05) is 25.7 Å². The van der Waals surface area contributed by atoms with Crippen LogP contribution in [0, 0.1) is 17.7 Å². The highest BCUT2D eigenvalue weighted by molar-refractivity contribution is 7.89. The van der Waals surface area contributed by atoms with Crippen molar-refractivity contribution in [2.75, 3.05) is 40.3 Å². The molecule has 2 fully saturated rings. The summed E-state index contributed by atoms with van der Waals surface area (Å²) >= 11 is 0. The molecule has 1 aliphatic heterocycles. The Hall–Kier alpha value is -2.33. The second kappa shape index (κ2) is 13.2. The van der Waals surface area contributed by atoms with Crippen LogP contribution in [0.1, 0.15) is 50.1 Å². The second-order valence-corrected chi connectivity index (χ2v) is 12.7. The lowest BCUT2D eigenvalue weighted by Crippen LogP contribution is -2.34. The van der Waals surface area contributed by atoms with Gasteiger partial charge in [-0.15, -0.1) is 0 Å². The van der Waals surface area contributed by atoms with Crippen LogP contribution in [0.25, 0.3) is 0 Å². The van der Waals surface area contributed by atoms with E-state index in [0.717, 1.165) is 37.7 Å². The van der Waals surface area contributed by atoms with E-state index in [-0.39, 0.29) is 41.9 Å². The lowest BCUT2D eigenvalue weighted by atomic mass is 9.75. The average molecular weight is 546 g/mol. The predicted octanol–water partition coefficient (Wildman–Crippen LogP) is 4.22. The van der Waals surface area contributed by atoms with Gasteiger partial charge in [-0.2, -0.15) is 4.31 Å².